The van der Waals surface area contributed by atoms with Crippen molar-refractivity contribution in [1.82, 2.24) is 20.5 Å². The summed E-state index contributed by atoms with van der Waals surface area (Å²) in [5, 5.41) is 14.4. The molecule has 1 fully saturated rings. The molecule has 0 bridgehead atoms. The Kier molecular flexibility index (Phi) is 8.64. The SMILES string of the molecule is Cc1ccc(-c2nn(-c3ccccc3)cc2/C=N\NC(=O)C(=O)Nc2ccccc2C(=O)NC2CCCCC2)cc1. The Morgan fingerprint density at radius 1 is 0.878 bits per heavy atom. The van der Waals surface area contributed by atoms with Crippen molar-refractivity contribution >= 4 is 29.6 Å². The molecule has 9 heteroatoms. The van der Waals surface area contributed by atoms with Crippen LogP contribution in [0.5, 0.6) is 0 Å². The van der Waals surface area contributed by atoms with E-state index in [0.717, 1.165) is 42.5 Å². The second-order valence-corrected chi connectivity index (χ2v) is 10.1. The van der Waals surface area contributed by atoms with Crippen LogP contribution >= 0.6 is 0 Å². The molecule has 3 amide bonds. The summed E-state index contributed by atoms with van der Waals surface area (Å²) in [6.07, 6.45) is 8.50. The molecule has 0 saturated heterocycles. The van der Waals surface area contributed by atoms with Crippen LogP contribution in [0, 0.1) is 6.92 Å². The fourth-order valence-corrected chi connectivity index (χ4v) is 4.82. The summed E-state index contributed by atoms with van der Waals surface area (Å²) in [5.74, 6) is -2.17. The molecule has 3 aromatic carbocycles. The minimum atomic E-state index is -0.962. The van der Waals surface area contributed by atoms with Crippen LogP contribution in [0.2, 0.25) is 0 Å². The van der Waals surface area contributed by atoms with Gasteiger partial charge in [-0.05, 0) is 44.0 Å². The third-order valence-corrected chi connectivity index (χ3v) is 7.02. The van der Waals surface area contributed by atoms with Gasteiger partial charge in [0.25, 0.3) is 5.91 Å². The molecule has 9 nitrogen and oxygen atoms in total. The normalized spacial score (nSPS) is 13.6. The monoisotopic (exact) mass is 548 g/mol. The number of rotatable bonds is 7. The van der Waals surface area contributed by atoms with Gasteiger partial charge in [-0.25, -0.2) is 10.1 Å². The first-order valence-electron chi connectivity index (χ1n) is 13.7. The number of hydrogen-bond donors (Lipinski definition) is 3. The first-order valence-corrected chi connectivity index (χ1v) is 13.7. The van der Waals surface area contributed by atoms with E-state index in [-0.39, 0.29) is 17.6 Å². The lowest BCUT2D eigenvalue weighted by atomic mass is 9.95. The van der Waals surface area contributed by atoms with Gasteiger partial charge < -0.3 is 10.6 Å². The number of benzene rings is 3. The molecule has 4 aromatic rings. The molecule has 41 heavy (non-hydrogen) atoms. The van der Waals surface area contributed by atoms with Gasteiger partial charge in [-0.2, -0.15) is 10.2 Å². The van der Waals surface area contributed by atoms with Crippen LogP contribution in [-0.2, 0) is 9.59 Å². The minimum Gasteiger partial charge on any atom is -0.349 e. The van der Waals surface area contributed by atoms with Crippen LogP contribution in [-0.4, -0.2) is 39.8 Å². The standard InChI is InChI=1S/C32H32N6O3/c1-22-16-18-23(19-17-22)29-24(21-38(37-29)26-12-6-3-7-13-26)20-33-36-32(41)31(40)35-28-15-9-8-14-27(28)30(39)34-25-10-4-2-5-11-25/h3,6-9,12-21,25H,2,4-5,10-11H2,1H3,(H,34,39)(H,35,40)(H,36,41)/b33-20-. The van der Waals surface area contributed by atoms with Gasteiger partial charge >= 0.3 is 11.8 Å². The zero-order chi connectivity index (χ0) is 28.6. The number of hydrogen-bond acceptors (Lipinski definition) is 5. The van der Waals surface area contributed by atoms with Gasteiger partial charge in [-0.3, -0.25) is 14.4 Å². The minimum absolute atomic E-state index is 0.119. The molecule has 208 valence electrons. The second kappa shape index (κ2) is 12.9. The number of nitrogens with zero attached hydrogens (tertiary/aromatic N) is 3. The van der Waals surface area contributed by atoms with E-state index in [4.69, 9.17) is 5.10 Å². The molecule has 5 rings (SSSR count). The molecule has 0 spiro atoms. The maximum atomic E-state index is 12.9. The number of hydrazone groups is 1. The summed E-state index contributed by atoms with van der Waals surface area (Å²) < 4.78 is 1.74. The van der Waals surface area contributed by atoms with Gasteiger partial charge in [0.05, 0.1) is 23.2 Å². The zero-order valence-corrected chi connectivity index (χ0v) is 22.8. The van der Waals surface area contributed by atoms with Gasteiger partial charge in [0.15, 0.2) is 0 Å². The molecule has 1 saturated carbocycles. The largest absolute Gasteiger partial charge is 0.349 e. The third kappa shape index (κ3) is 6.94. The van der Waals surface area contributed by atoms with Gasteiger partial charge in [0.1, 0.15) is 5.69 Å². The highest BCUT2D eigenvalue weighted by molar-refractivity contribution is 6.40. The first kappa shape index (κ1) is 27.5. The van der Waals surface area contributed by atoms with E-state index in [1.54, 1.807) is 35.1 Å². The quantitative estimate of drug-likeness (QED) is 0.171. The molecule has 0 unspecified atom stereocenters. The van der Waals surface area contributed by atoms with Crippen molar-refractivity contribution in [2.24, 2.45) is 5.10 Å². The summed E-state index contributed by atoms with van der Waals surface area (Å²) in [6, 6.07) is 24.3. The van der Waals surface area contributed by atoms with Crippen molar-refractivity contribution in [3.8, 4) is 16.9 Å². The van der Waals surface area contributed by atoms with E-state index in [0.29, 0.717) is 16.8 Å². The van der Waals surface area contributed by atoms with Crippen LogP contribution < -0.4 is 16.1 Å². The highest BCUT2D eigenvalue weighted by atomic mass is 16.2. The van der Waals surface area contributed by atoms with E-state index >= 15 is 0 Å². The summed E-state index contributed by atoms with van der Waals surface area (Å²) >= 11 is 0. The fraction of sp³-hybridized carbons (Fsp3) is 0.219. The Labute approximate surface area is 238 Å². The first-order chi connectivity index (χ1) is 20.0. The summed E-state index contributed by atoms with van der Waals surface area (Å²) in [5.41, 5.74) is 7.06. The van der Waals surface area contributed by atoms with E-state index < -0.39 is 11.8 Å². The lowest BCUT2D eigenvalue weighted by Gasteiger charge is -2.23. The van der Waals surface area contributed by atoms with Crippen LogP contribution in [0.3, 0.4) is 0 Å². The predicted octanol–water partition coefficient (Wildman–Crippen LogP) is 5.00. The molecule has 0 aliphatic heterocycles. The molecule has 1 aliphatic carbocycles. The van der Waals surface area contributed by atoms with E-state index in [2.05, 4.69) is 21.2 Å². The Morgan fingerprint density at radius 2 is 1.59 bits per heavy atom. The number of aromatic nitrogens is 2. The van der Waals surface area contributed by atoms with Crippen LogP contribution in [0.25, 0.3) is 16.9 Å². The highest BCUT2D eigenvalue weighted by Gasteiger charge is 2.21. The lowest BCUT2D eigenvalue weighted by Crippen LogP contribution is -2.37. The van der Waals surface area contributed by atoms with Gasteiger partial charge in [0.2, 0.25) is 0 Å². The maximum Gasteiger partial charge on any atom is 0.329 e. The van der Waals surface area contributed by atoms with Crippen molar-refractivity contribution in [3.05, 3.63) is 102 Å². The van der Waals surface area contributed by atoms with E-state index in [1.807, 2.05) is 61.5 Å². The number of carbonyl (C=O) groups is 3. The fourth-order valence-electron chi connectivity index (χ4n) is 4.82. The van der Waals surface area contributed by atoms with E-state index in [1.165, 1.54) is 12.6 Å². The number of carbonyl (C=O) groups excluding carboxylic acids is 3. The van der Waals surface area contributed by atoms with Gasteiger partial charge in [0, 0.05) is 23.4 Å². The zero-order valence-electron chi connectivity index (χ0n) is 22.8. The molecule has 1 aliphatic rings. The molecule has 3 N–H and O–H groups in total. The Morgan fingerprint density at radius 3 is 2.34 bits per heavy atom. The van der Waals surface area contributed by atoms with Crippen molar-refractivity contribution in [3.63, 3.8) is 0 Å². The van der Waals surface area contributed by atoms with Crippen molar-refractivity contribution in [1.29, 1.82) is 0 Å². The van der Waals surface area contributed by atoms with Crippen molar-refractivity contribution in [2.75, 3.05) is 5.32 Å². The number of para-hydroxylation sites is 2. The molecule has 1 aromatic heterocycles. The van der Waals surface area contributed by atoms with Crippen molar-refractivity contribution in [2.45, 2.75) is 45.1 Å². The van der Waals surface area contributed by atoms with Crippen molar-refractivity contribution < 1.29 is 14.4 Å². The highest BCUT2D eigenvalue weighted by Crippen LogP contribution is 2.23. The molecule has 1 heterocycles. The Bertz CT molecular complexity index is 1550. The Balaban J connectivity index is 1.27. The predicted molar refractivity (Wildman–Crippen MR) is 159 cm³/mol. The number of anilines is 1. The Hall–Kier alpha value is -5.05. The van der Waals surface area contributed by atoms with E-state index in [9.17, 15) is 14.4 Å². The average Bonchev–Trinajstić information content (AvgIpc) is 3.43. The van der Waals surface area contributed by atoms with Gasteiger partial charge in [-0.15, -0.1) is 0 Å². The van der Waals surface area contributed by atoms with Gasteiger partial charge in [-0.1, -0.05) is 79.4 Å². The van der Waals surface area contributed by atoms with Crippen LogP contribution in [0.15, 0.2) is 90.2 Å². The number of nitrogens with one attached hydrogen (secondary N) is 3. The molecule has 0 atom stereocenters. The molecular weight excluding hydrogens is 516 g/mol. The number of amides is 3. The van der Waals surface area contributed by atoms with Crippen LogP contribution in [0.1, 0.15) is 53.6 Å². The summed E-state index contributed by atoms with van der Waals surface area (Å²) in [4.78, 5) is 38.2. The average molecular weight is 549 g/mol. The lowest BCUT2D eigenvalue weighted by molar-refractivity contribution is -0.136. The second-order valence-electron chi connectivity index (χ2n) is 10.1. The maximum absolute atomic E-state index is 12.9. The topological polar surface area (TPSA) is 117 Å². The number of aryl methyl sites for hydroxylation is 1. The van der Waals surface area contributed by atoms with Crippen LogP contribution in [0.4, 0.5) is 5.69 Å². The molecular formula is C32H32N6O3. The summed E-state index contributed by atoms with van der Waals surface area (Å²) in [6.45, 7) is 2.01. The third-order valence-electron chi connectivity index (χ3n) is 7.02. The summed E-state index contributed by atoms with van der Waals surface area (Å²) in [7, 11) is 0. The smallest absolute Gasteiger partial charge is 0.329 e. The molecule has 0 radical (unpaired) electrons.